The summed E-state index contributed by atoms with van der Waals surface area (Å²) in [5.41, 5.74) is 8.32. The van der Waals surface area contributed by atoms with Gasteiger partial charge in [0.25, 0.3) is 0 Å². The van der Waals surface area contributed by atoms with Gasteiger partial charge in [0.2, 0.25) is 0 Å². The molecule has 5 atom stereocenters. The van der Waals surface area contributed by atoms with Crippen molar-refractivity contribution in [2.75, 3.05) is 13.2 Å². The highest BCUT2D eigenvalue weighted by Crippen LogP contribution is 2.34. The zero-order valence-corrected chi connectivity index (χ0v) is 22.8. The van der Waals surface area contributed by atoms with Crippen molar-refractivity contribution in [3.8, 4) is 5.75 Å². The molecule has 1 rings (SSSR count). The minimum atomic E-state index is -0.930. The van der Waals surface area contributed by atoms with Crippen LogP contribution in [0.4, 0.5) is 0 Å². The maximum absolute atomic E-state index is 12.0. The molecule has 0 fully saturated rings. The highest BCUT2D eigenvalue weighted by molar-refractivity contribution is 5.72. The van der Waals surface area contributed by atoms with E-state index in [1.807, 2.05) is 6.07 Å². The molecule has 0 bridgehead atoms. The summed E-state index contributed by atoms with van der Waals surface area (Å²) in [6.45, 7) is 16.4. The summed E-state index contributed by atoms with van der Waals surface area (Å²) in [7, 11) is 0. The van der Waals surface area contributed by atoms with Gasteiger partial charge in [0, 0.05) is 6.04 Å². The van der Waals surface area contributed by atoms with Gasteiger partial charge in [-0.05, 0) is 67.6 Å². The molecule has 0 aliphatic heterocycles. The van der Waals surface area contributed by atoms with Gasteiger partial charge in [0.1, 0.15) is 12.4 Å². The molecule has 35 heavy (non-hydrogen) atoms. The summed E-state index contributed by atoms with van der Waals surface area (Å²) in [4.78, 5) is 23.2. The Bertz CT molecular complexity index is 816. The lowest BCUT2D eigenvalue weighted by atomic mass is 9.81. The summed E-state index contributed by atoms with van der Waals surface area (Å²) in [5, 5.41) is 19.6. The highest BCUT2D eigenvalue weighted by atomic mass is 16.5. The minimum Gasteiger partial charge on any atom is -0.492 e. The van der Waals surface area contributed by atoms with E-state index < -0.39 is 24.0 Å². The molecule has 2 unspecified atom stereocenters. The van der Waals surface area contributed by atoms with E-state index in [-0.39, 0.29) is 36.2 Å². The Morgan fingerprint density at radius 3 is 2.20 bits per heavy atom. The van der Waals surface area contributed by atoms with Gasteiger partial charge in [0.05, 0.1) is 24.5 Å². The van der Waals surface area contributed by atoms with Gasteiger partial charge < -0.3 is 25.4 Å². The number of carbonyl (C=O) groups is 2. The van der Waals surface area contributed by atoms with Crippen molar-refractivity contribution in [2.45, 2.75) is 92.2 Å². The molecule has 0 heterocycles. The Morgan fingerprint density at radius 1 is 1.06 bits per heavy atom. The SMILES string of the molecule is CCOC(=O)C(C)COc1cc(C[C@@H](C[C@H](N)[C@@H](O)CC(C)C(=O)O)C(C)C)ccc1C(C)(C)C. The topological polar surface area (TPSA) is 119 Å². The fourth-order valence-corrected chi connectivity index (χ4v) is 4.04. The first kappa shape index (κ1) is 30.9. The van der Waals surface area contributed by atoms with Crippen molar-refractivity contribution in [1.82, 2.24) is 0 Å². The number of hydrogen-bond acceptors (Lipinski definition) is 6. The molecule has 0 aliphatic carbocycles. The first-order valence-electron chi connectivity index (χ1n) is 12.8. The third-order valence-electron chi connectivity index (χ3n) is 6.56. The predicted molar refractivity (Wildman–Crippen MR) is 138 cm³/mol. The Hall–Kier alpha value is -2.12. The fraction of sp³-hybridized carbons (Fsp3) is 0.714. The largest absolute Gasteiger partial charge is 0.492 e. The summed E-state index contributed by atoms with van der Waals surface area (Å²) >= 11 is 0. The number of benzene rings is 1. The van der Waals surface area contributed by atoms with Crippen LogP contribution in [0.5, 0.6) is 5.75 Å². The normalized spacial score (nSPS) is 16.3. The standard InChI is InChI=1S/C28H47NO6/c1-9-34-27(33)19(5)16-35-25-14-20(10-11-22(25)28(6,7)8)13-21(17(2)3)15-23(29)24(30)12-18(4)26(31)32/h10-11,14,17-19,21,23-24,30H,9,12-13,15-16,29H2,1-8H3,(H,31,32)/t18?,19?,21-,23-,24-/m0/s1. The Balaban J connectivity index is 3.03. The van der Waals surface area contributed by atoms with E-state index in [1.54, 1.807) is 20.8 Å². The monoisotopic (exact) mass is 493 g/mol. The molecule has 0 aliphatic rings. The van der Waals surface area contributed by atoms with Gasteiger partial charge >= 0.3 is 11.9 Å². The molecule has 7 nitrogen and oxygen atoms in total. The highest BCUT2D eigenvalue weighted by Gasteiger charge is 2.27. The molecule has 200 valence electrons. The van der Waals surface area contributed by atoms with E-state index in [0.29, 0.717) is 18.9 Å². The van der Waals surface area contributed by atoms with Crippen LogP contribution in [0, 0.1) is 23.7 Å². The lowest BCUT2D eigenvalue weighted by Crippen LogP contribution is -2.39. The molecule has 0 amide bonds. The lowest BCUT2D eigenvalue weighted by Gasteiger charge is -2.29. The van der Waals surface area contributed by atoms with Crippen molar-refractivity contribution in [2.24, 2.45) is 29.4 Å². The maximum Gasteiger partial charge on any atom is 0.312 e. The van der Waals surface area contributed by atoms with Crippen molar-refractivity contribution in [3.05, 3.63) is 29.3 Å². The smallest absolute Gasteiger partial charge is 0.312 e. The number of ether oxygens (including phenoxy) is 2. The van der Waals surface area contributed by atoms with Crippen molar-refractivity contribution in [1.29, 1.82) is 0 Å². The molecule has 0 spiro atoms. The molecule has 0 saturated heterocycles. The molecular weight excluding hydrogens is 446 g/mol. The third kappa shape index (κ3) is 10.2. The van der Waals surface area contributed by atoms with Gasteiger partial charge in [-0.15, -0.1) is 0 Å². The van der Waals surface area contributed by atoms with Crippen molar-refractivity contribution >= 4 is 11.9 Å². The number of carbonyl (C=O) groups excluding carboxylic acids is 1. The molecule has 1 aromatic carbocycles. The number of nitrogens with two attached hydrogens (primary N) is 1. The first-order chi connectivity index (χ1) is 16.2. The van der Waals surface area contributed by atoms with E-state index >= 15 is 0 Å². The molecule has 0 radical (unpaired) electrons. The second kappa shape index (κ2) is 13.8. The molecule has 0 aromatic heterocycles. The number of aliphatic hydroxyl groups excluding tert-OH is 1. The second-order valence-corrected chi connectivity index (χ2v) is 11.2. The number of aliphatic carboxylic acids is 1. The van der Waals surface area contributed by atoms with Crippen LogP contribution in [-0.2, 0) is 26.2 Å². The molecule has 1 aromatic rings. The summed E-state index contributed by atoms with van der Waals surface area (Å²) < 4.78 is 11.2. The third-order valence-corrected chi connectivity index (χ3v) is 6.56. The van der Waals surface area contributed by atoms with Crippen LogP contribution in [0.2, 0.25) is 0 Å². The predicted octanol–water partition coefficient (Wildman–Crippen LogP) is 4.57. The lowest BCUT2D eigenvalue weighted by molar-refractivity contribution is -0.148. The number of carboxylic acid groups (broad SMARTS) is 1. The summed E-state index contributed by atoms with van der Waals surface area (Å²) in [6, 6.07) is 5.73. The summed E-state index contributed by atoms with van der Waals surface area (Å²) in [6.07, 6.45) is 0.607. The van der Waals surface area contributed by atoms with Gasteiger partial charge in [0.15, 0.2) is 0 Å². The van der Waals surface area contributed by atoms with Crippen molar-refractivity contribution < 1.29 is 29.3 Å². The van der Waals surface area contributed by atoms with E-state index in [2.05, 4.69) is 46.8 Å². The average molecular weight is 494 g/mol. The molecule has 7 heteroatoms. The second-order valence-electron chi connectivity index (χ2n) is 11.2. The van der Waals surface area contributed by atoms with E-state index in [1.165, 1.54) is 0 Å². The van der Waals surface area contributed by atoms with Crippen LogP contribution in [-0.4, -0.2) is 47.5 Å². The molecular formula is C28H47NO6. The van der Waals surface area contributed by atoms with Crippen LogP contribution in [0.3, 0.4) is 0 Å². The maximum atomic E-state index is 12.0. The number of rotatable bonds is 14. The average Bonchev–Trinajstić information content (AvgIpc) is 2.75. The van der Waals surface area contributed by atoms with Gasteiger partial charge in [-0.1, -0.05) is 53.7 Å². The fourth-order valence-electron chi connectivity index (χ4n) is 4.04. The summed E-state index contributed by atoms with van der Waals surface area (Å²) in [5.74, 6) is -0.941. The minimum absolute atomic E-state index is 0.133. The quantitative estimate of drug-likeness (QED) is 0.325. The zero-order valence-electron chi connectivity index (χ0n) is 22.8. The van der Waals surface area contributed by atoms with Crippen LogP contribution in [0.15, 0.2) is 18.2 Å². The van der Waals surface area contributed by atoms with Gasteiger partial charge in [-0.2, -0.15) is 0 Å². The molecule has 4 N–H and O–H groups in total. The van der Waals surface area contributed by atoms with Crippen molar-refractivity contribution in [3.63, 3.8) is 0 Å². The van der Waals surface area contributed by atoms with Crippen LogP contribution >= 0.6 is 0 Å². The van der Waals surface area contributed by atoms with Crippen LogP contribution in [0.1, 0.15) is 79.4 Å². The number of hydrogen-bond donors (Lipinski definition) is 3. The van der Waals surface area contributed by atoms with Gasteiger partial charge in [-0.25, -0.2) is 0 Å². The van der Waals surface area contributed by atoms with E-state index in [9.17, 15) is 14.7 Å². The number of esters is 1. The Morgan fingerprint density at radius 2 is 1.69 bits per heavy atom. The molecule has 0 saturated carbocycles. The van der Waals surface area contributed by atoms with E-state index in [4.69, 9.17) is 20.3 Å². The van der Waals surface area contributed by atoms with E-state index in [0.717, 1.165) is 23.3 Å². The first-order valence-corrected chi connectivity index (χ1v) is 12.8. The number of aliphatic hydroxyl groups is 1. The Labute approximate surface area is 211 Å². The van der Waals surface area contributed by atoms with Crippen LogP contribution in [0.25, 0.3) is 0 Å². The van der Waals surface area contributed by atoms with Crippen LogP contribution < -0.4 is 10.5 Å². The zero-order chi connectivity index (χ0) is 26.9. The Kier molecular flexibility index (Phi) is 12.2. The number of carboxylic acids is 1. The van der Waals surface area contributed by atoms with Gasteiger partial charge in [-0.3, -0.25) is 9.59 Å².